The summed E-state index contributed by atoms with van der Waals surface area (Å²) < 4.78 is -0.179. The van der Waals surface area contributed by atoms with Crippen LogP contribution in [-0.2, 0) is 0 Å². The highest BCUT2D eigenvalue weighted by Gasteiger charge is 2.10. The molecular formula is C8H6INO2. The van der Waals surface area contributed by atoms with E-state index in [0.717, 1.165) is 0 Å². The first-order valence-corrected chi connectivity index (χ1v) is 4.29. The van der Waals surface area contributed by atoms with Gasteiger partial charge in [-0.25, -0.2) is 0 Å². The highest BCUT2D eigenvalue weighted by Crippen LogP contribution is 2.11. The minimum Gasteiger partial charge on any atom is -0.366 e. The molecule has 0 saturated heterocycles. The van der Waals surface area contributed by atoms with Gasteiger partial charge in [-0.3, -0.25) is 9.59 Å². The molecule has 0 aromatic heterocycles. The lowest BCUT2D eigenvalue weighted by molar-refractivity contribution is 0.0992. The molecule has 0 fully saturated rings. The van der Waals surface area contributed by atoms with E-state index in [1.807, 2.05) is 0 Å². The van der Waals surface area contributed by atoms with Crippen LogP contribution in [0.2, 0.25) is 0 Å². The zero-order valence-corrected chi connectivity index (χ0v) is 8.24. The van der Waals surface area contributed by atoms with Crippen LogP contribution in [0, 0.1) is 0 Å². The van der Waals surface area contributed by atoms with Crippen molar-refractivity contribution in [3.05, 3.63) is 35.4 Å². The topological polar surface area (TPSA) is 60.2 Å². The van der Waals surface area contributed by atoms with E-state index in [0.29, 0.717) is 5.56 Å². The number of halogens is 1. The molecule has 0 unspecified atom stereocenters. The fourth-order valence-corrected chi connectivity index (χ4v) is 1.34. The standard InChI is InChI=1S/C8H6INO2/c9-7(11)5-3-1-2-4-6(5)8(10)12/h1-4H,(H2,10,12). The predicted molar refractivity (Wildman–Crippen MR) is 53.3 cm³/mol. The summed E-state index contributed by atoms with van der Waals surface area (Å²) >= 11 is 1.62. The number of amides is 1. The lowest BCUT2D eigenvalue weighted by Gasteiger charge is -1.99. The molecule has 1 aromatic carbocycles. The molecule has 0 spiro atoms. The van der Waals surface area contributed by atoms with Crippen molar-refractivity contribution in [2.24, 2.45) is 5.73 Å². The van der Waals surface area contributed by atoms with Crippen LogP contribution in [0.1, 0.15) is 20.7 Å². The molecule has 1 aromatic rings. The molecule has 0 radical (unpaired) electrons. The Morgan fingerprint density at radius 3 is 2.00 bits per heavy atom. The van der Waals surface area contributed by atoms with Gasteiger partial charge in [0.1, 0.15) is 0 Å². The molecule has 2 N–H and O–H groups in total. The summed E-state index contributed by atoms with van der Waals surface area (Å²) in [5.74, 6) is -0.574. The Morgan fingerprint density at radius 2 is 1.67 bits per heavy atom. The normalized spacial score (nSPS) is 9.42. The van der Waals surface area contributed by atoms with Gasteiger partial charge in [0.2, 0.25) is 9.70 Å². The maximum atomic E-state index is 10.9. The molecule has 0 saturated carbocycles. The number of benzene rings is 1. The molecule has 0 bridgehead atoms. The molecule has 4 heteroatoms. The zero-order valence-electron chi connectivity index (χ0n) is 6.08. The summed E-state index contributed by atoms with van der Waals surface area (Å²) in [5.41, 5.74) is 5.70. The molecule has 0 atom stereocenters. The maximum absolute atomic E-state index is 10.9. The van der Waals surface area contributed by atoms with E-state index in [-0.39, 0.29) is 9.35 Å². The van der Waals surface area contributed by atoms with Gasteiger partial charge in [0.05, 0.1) is 5.56 Å². The molecular weight excluding hydrogens is 269 g/mol. The third-order valence-corrected chi connectivity index (χ3v) is 1.99. The van der Waals surface area contributed by atoms with Crippen molar-refractivity contribution in [1.82, 2.24) is 0 Å². The van der Waals surface area contributed by atoms with Crippen LogP contribution in [0.25, 0.3) is 0 Å². The van der Waals surface area contributed by atoms with E-state index >= 15 is 0 Å². The van der Waals surface area contributed by atoms with Crippen LogP contribution in [-0.4, -0.2) is 9.70 Å². The summed E-state index contributed by atoms with van der Waals surface area (Å²) in [6.07, 6.45) is 0. The fraction of sp³-hybridized carbons (Fsp3) is 0. The second-order valence-electron chi connectivity index (χ2n) is 2.18. The number of nitrogens with two attached hydrogens (primary N) is 1. The monoisotopic (exact) mass is 275 g/mol. The number of hydrogen-bond acceptors (Lipinski definition) is 2. The number of rotatable bonds is 2. The Bertz CT molecular complexity index is 303. The van der Waals surface area contributed by atoms with Gasteiger partial charge in [0.15, 0.2) is 0 Å². The van der Waals surface area contributed by atoms with E-state index in [1.54, 1.807) is 40.8 Å². The SMILES string of the molecule is NC(=O)c1ccccc1C(=O)I. The average Bonchev–Trinajstić information content (AvgIpc) is 2.04. The van der Waals surface area contributed by atoms with E-state index in [4.69, 9.17) is 5.73 Å². The third-order valence-electron chi connectivity index (χ3n) is 1.40. The van der Waals surface area contributed by atoms with Crippen molar-refractivity contribution < 1.29 is 9.59 Å². The summed E-state index contributed by atoms with van der Waals surface area (Å²) in [7, 11) is 0. The molecule has 1 amide bonds. The van der Waals surface area contributed by atoms with E-state index in [2.05, 4.69) is 0 Å². The van der Waals surface area contributed by atoms with Gasteiger partial charge >= 0.3 is 0 Å². The Morgan fingerprint density at radius 1 is 1.17 bits per heavy atom. The van der Waals surface area contributed by atoms with Gasteiger partial charge in [-0.05, 0) is 12.1 Å². The summed E-state index contributed by atoms with van der Waals surface area (Å²) in [5, 5.41) is 0. The van der Waals surface area contributed by atoms with Gasteiger partial charge < -0.3 is 5.73 Å². The molecule has 0 aliphatic carbocycles. The van der Waals surface area contributed by atoms with Crippen molar-refractivity contribution in [2.45, 2.75) is 0 Å². The first kappa shape index (κ1) is 9.18. The first-order valence-electron chi connectivity index (χ1n) is 3.21. The van der Waals surface area contributed by atoms with Crippen molar-refractivity contribution in [3.8, 4) is 0 Å². The Hall–Kier alpha value is -0.910. The van der Waals surface area contributed by atoms with Gasteiger partial charge in [0, 0.05) is 28.2 Å². The smallest absolute Gasteiger partial charge is 0.249 e. The Balaban J connectivity index is 3.27. The minimum absolute atomic E-state index is 0.179. The van der Waals surface area contributed by atoms with Crippen LogP contribution in [0.4, 0.5) is 0 Å². The van der Waals surface area contributed by atoms with Gasteiger partial charge in [-0.1, -0.05) is 12.1 Å². The van der Waals surface area contributed by atoms with Gasteiger partial charge in [-0.2, -0.15) is 0 Å². The van der Waals surface area contributed by atoms with Crippen molar-refractivity contribution in [1.29, 1.82) is 0 Å². The van der Waals surface area contributed by atoms with Crippen LogP contribution in [0.5, 0.6) is 0 Å². The number of carbonyl (C=O) groups is 2. The quantitative estimate of drug-likeness (QED) is 0.654. The van der Waals surface area contributed by atoms with Crippen LogP contribution in [0.15, 0.2) is 24.3 Å². The Labute approximate surface area is 83.1 Å². The summed E-state index contributed by atoms with van der Waals surface area (Å²) in [6.45, 7) is 0. The van der Waals surface area contributed by atoms with Crippen LogP contribution < -0.4 is 5.73 Å². The minimum atomic E-state index is -0.574. The van der Waals surface area contributed by atoms with Gasteiger partial charge in [0.25, 0.3) is 0 Å². The highest BCUT2D eigenvalue weighted by molar-refractivity contribution is 14.1. The molecule has 1 rings (SSSR count). The number of hydrogen-bond donors (Lipinski definition) is 1. The second-order valence-corrected chi connectivity index (χ2v) is 3.16. The average molecular weight is 275 g/mol. The second kappa shape index (κ2) is 3.66. The molecule has 0 heterocycles. The first-order chi connectivity index (χ1) is 5.63. The fourth-order valence-electron chi connectivity index (χ4n) is 0.869. The lowest BCUT2D eigenvalue weighted by atomic mass is 10.1. The highest BCUT2D eigenvalue weighted by atomic mass is 127. The molecule has 3 nitrogen and oxygen atoms in total. The predicted octanol–water partition coefficient (Wildman–Crippen LogP) is 1.36. The van der Waals surface area contributed by atoms with E-state index in [9.17, 15) is 9.59 Å². The molecule has 12 heavy (non-hydrogen) atoms. The number of primary amides is 1. The largest absolute Gasteiger partial charge is 0.366 e. The lowest BCUT2D eigenvalue weighted by Crippen LogP contribution is -2.14. The molecule has 0 aliphatic rings. The summed E-state index contributed by atoms with van der Waals surface area (Å²) in [4.78, 5) is 21.7. The van der Waals surface area contributed by atoms with Crippen molar-refractivity contribution in [3.63, 3.8) is 0 Å². The molecule has 0 aliphatic heterocycles. The van der Waals surface area contributed by atoms with E-state index < -0.39 is 5.91 Å². The van der Waals surface area contributed by atoms with Crippen LogP contribution in [0.3, 0.4) is 0 Å². The number of carbonyl (C=O) groups excluding carboxylic acids is 2. The third kappa shape index (κ3) is 1.82. The maximum Gasteiger partial charge on any atom is 0.249 e. The summed E-state index contributed by atoms with van der Waals surface area (Å²) in [6, 6.07) is 6.48. The zero-order chi connectivity index (χ0) is 9.14. The Kier molecular flexibility index (Phi) is 2.80. The van der Waals surface area contributed by atoms with Crippen molar-refractivity contribution >= 4 is 32.3 Å². The van der Waals surface area contributed by atoms with Crippen molar-refractivity contribution in [2.75, 3.05) is 0 Å². The van der Waals surface area contributed by atoms with Crippen LogP contribution >= 0.6 is 22.6 Å². The van der Waals surface area contributed by atoms with E-state index in [1.165, 1.54) is 6.07 Å². The van der Waals surface area contributed by atoms with Gasteiger partial charge in [-0.15, -0.1) is 0 Å². The molecule has 62 valence electrons.